The fourth-order valence-electron chi connectivity index (χ4n) is 3.86. The largest absolute Gasteiger partial charge is 0.491 e. The van der Waals surface area contributed by atoms with Crippen LogP contribution in [0.1, 0.15) is 49.2 Å². The molecule has 0 spiro atoms. The summed E-state index contributed by atoms with van der Waals surface area (Å²) in [6.45, 7) is 11.6. The molecule has 0 bridgehead atoms. The highest BCUT2D eigenvalue weighted by atomic mass is 16.5. The number of amides is 1. The van der Waals surface area contributed by atoms with Crippen LogP contribution < -0.4 is 10.1 Å². The van der Waals surface area contributed by atoms with Crippen LogP contribution in [0.25, 0.3) is 0 Å². The summed E-state index contributed by atoms with van der Waals surface area (Å²) in [7, 11) is 0. The van der Waals surface area contributed by atoms with E-state index < -0.39 is 0 Å². The molecule has 5 heteroatoms. The van der Waals surface area contributed by atoms with Crippen molar-refractivity contribution in [2.45, 2.75) is 59.0 Å². The zero-order valence-corrected chi connectivity index (χ0v) is 18.6. The first kappa shape index (κ1) is 22.3. The molecule has 1 saturated heterocycles. The molecule has 3 rings (SSSR count). The number of morpholine rings is 1. The Labute approximate surface area is 180 Å². The second-order valence-electron chi connectivity index (χ2n) is 8.46. The number of benzene rings is 2. The van der Waals surface area contributed by atoms with Gasteiger partial charge in [-0.3, -0.25) is 9.69 Å². The fraction of sp³-hybridized carbons (Fsp3) is 0.480. The maximum Gasteiger partial charge on any atom is 0.251 e. The van der Waals surface area contributed by atoms with Gasteiger partial charge < -0.3 is 14.8 Å². The Morgan fingerprint density at radius 1 is 1.03 bits per heavy atom. The monoisotopic (exact) mass is 410 g/mol. The number of ether oxygens (including phenoxy) is 2. The Kier molecular flexibility index (Phi) is 7.88. The average Bonchev–Trinajstić information content (AvgIpc) is 2.68. The van der Waals surface area contributed by atoms with E-state index in [0.29, 0.717) is 12.1 Å². The van der Waals surface area contributed by atoms with E-state index in [1.807, 2.05) is 62.4 Å². The molecule has 0 radical (unpaired) electrons. The van der Waals surface area contributed by atoms with Crippen molar-refractivity contribution in [3.63, 3.8) is 0 Å². The Morgan fingerprint density at radius 2 is 1.63 bits per heavy atom. The van der Waals surface area contributed by atoms with E-state index in [9.17, 15) is 4.79 Å². The molecule has 2 unspecified atom stereocenters. The third-order valence-corrected chi connectivity index (χ3v) is 5.11. The minimum atomic E-state index is -0.0325. The molecule has 1 amide bonds. The average molecular weight is 411 g/mol. The number of carbonyl (C=O) groups excluding carboxylic acids is 1. The number of rotatable bonds is 8. The molecule has 162 valence electrons. The van der Waals surface area contributed by atoms with Crippen LogP contribution >= 0.6 is 0 Å². The minimum absolute atomic E-state index is 0.0325. The van der Waals surface area contributed by atoms with Crippen molar-refractivity contribution in [1.82, 2.24) is 10.2 Å². The molecule has 1 heterocycles. The SMILES string of the molecule is CC(C)Oc1ccc(CCNC(=O)c2ccc(CN3CC(C)OC(C)C3)cc2)cc1. The molecule has 1 aliphatic rings. The van der Waals surface area contributed by atoms with E-state index in [1.54, 1.807) is 0 Å². The van der Waals surface area contributed by atoms with Gasteiger partial charge in [-0.25, -0.2) is 0 Å². The first-order valence-corrected chi connectivity index (χ1v) is 10.9. The summed E-state index contributed by atoms with van der Waals surface area (Å²) < 4.78 is 11.5. The van der Waals surface area contributed by atoms with Crippen LogP contribution in [0.4, 0.5) is 0 Å². The minimum Gasteiger partial charge on any atom is -0.491 e. The molecule has 0 aromatic heterocycles. The zero-order valence-electron chi connectivity index (χ0n) is 18.6. The number of nitrogens with one attached hydrogen (secondary N) is 1. The molecular formula is C25H34N2O3. The number of hydrogen-bond donors (Lipinski definition) is 1. The zero-order chi connectivity index (χ0) is 21.5. The summed E-state index contributed by atoms with van der Waals surface area (Å²) in [5.74, 6) is 0.841. The highest BCUT2D eigenvalue weighted by Crippen LogP contribution is 2.16. The van der Waals surface area contributed by atoms with Gasteiger partial charge in [0.05, 0.1) is 18.3 Å². The van der Waals surface area contributed by atoms with Gasteiger partial charge in [-0.15, -0.1) is 0 Å². The van der Waals surface area contributed by atoms with E-state index in [0.717, 1.165) is 31.8 Å². The Morgan fingerprint density at radius 3 is 2.23 bits per heavy atom. The third-order valence-electron chi connectivity index (χ3n) is 5.11. The normalized spacial score (nSPS) is 19.6. The maximum absolute atomic E-state index is 12.4. The second-order valence-corrected chi connectivity index (χ2v) is 8.46. The van der Waals surface area contributed by atoms with E-state index in [4.69, 9.17) is 9.47 Å². The Balaban J connectivity index is 1.44. The standard InChI is InChI=1S/C25H34N2O3/c1-18(2)29-24-11-7-21(8-12-24)13-14-26-25(28)23-9-5-22(6-10-23)17-27-15-19(3)30-20(4)16-27/h5-12,18-20H,13-17H2,1-4H3,(H,26,28). The number of hydrogen-bond acceptors (Lipinski definition) is 4. The van der Waals surface area contributed by atoms with Crippen LogP contribution in [0.5, 0.6) is 5.75 Å². The predicted molar refractivity (Wildman–Crippen MR) is 120 cm³/mol. The second kappa shape index (κ2) is 10.6. The van der Waals surface area contributed by atoms with Crippen LogP contribution in [0, 0.1) is 0 Å². The third kappa shape index (κ3) is 6.85. The lowest BCUT2D eigenvalue weighted by Crippen LogP contribution is -2.44. The summed E-state index contributed by atoms with van der Waals surface area (Å²) in [6, 6.07) is 16.0. The molecule has 1 fully saturated rings. The van der Waals surface area contributed by atoms with E-state index in [-0.39, 0.29) is 24.2 Å². The van der Waals surface area contributed by atoms with Gasteiger partial charge in [-0.2, -0.15) is 0 Å². The molecular weight excluding hydrogens is 376 g/mol. The lowest BCUT2D eigenvalue weighted by Gasteiger charge is -2.35. The summed E-state index contributed by atoms with van der Waals surface area (Å²) in [5.41, 5.74) is 3.09. The lowest BCUT2D eigenvalue weighted by molar-refractivity contribution is -0.0704. The molecule has 2 aromatic rings. The molecule has 0 aliphatic carbocycles. The molecule has 1 N–H and O–H groups in total. The molecule has 0 saturated carbocycles. The number of carbonyl (C=O) groups is 1. The van der Waals surface area contributed by atoms with Crippen molar-refractivity contribution in [2.75, 3.05) is 19.6 Å². The summed E-state index contributed by atoms with van der Waals surface area (Å²) in [4.78, 5) is 14.8. The van der Waals surface area contributed by atoms with Crippen LogP contribution in [-0.2, 0) is 17.7 Å². The van der Waals surface area contributed by atoms with Gasteiger partial charge >= 0.3 is 0 Å². The van der Waals surface area contributed by atoms with Gasteiger partial charge in [0, 0.05) is 31.7 Å². The van der Waals surface area contributed by atoms with Crippen molar-refractivity contribution in [3.8, 4) is 5.75 Å². The fourth-order valence-corrected chi connectivity index (χ4v) is 3.86. The highest BCUT2D eigenvalue weighted by molar-refractivity contribution is 5.94. The van der Waals surface area contributed by atoms with Gasteiger partial charge in [0.25, 0.3) is 5.91 Å². The van der Waals surface area contributed by atoms with Crippen molar-refractivity contribution in [2.24, 2.45) is 0 Å². The predicted octanol–water partition coefficient (Wildman–Crippen LogP) is 4.06. The topological polar surface area (TPSA) is 50.8 Å². The summed E-state index contributed by atoms with van der Waals surface area (Å²) in [6.07, 6.45) is 1.48. The molecule has 30 heavy (non-hydrogen) atoms. The van der Waals surface area contributed by atoms with Gasteiger partial charge in [0.15, 0.2) is 0 Å². The van der Waals surface area contributed by atoms with E-state index >= 15 is 0 Å². The summed E-state index contributed by atoms with van der Waals surface area (Å²) >= 11 is 0. The summed E-state index contributed by atoms with van der Waals surface area (Å²) in [5, 5.41) is 3.01. The maximum atomic E-state index is 12.4. The van der Waals surface area contributed by atoms with E-state index in [1.165, 1.54) is 11.1 Å². The molecule has 5 nitrogen and oxygen atoms in total. The van der Waals surface area contributed by atoms with Gasteiger partial charge in [0.1, 0.15) is 5.75 Å². The van der Waals surface area contributed by atoms with E-state index in [2.05, 4.69) is 24.1 Å². The highest BCUT2D eigenvalue weighted by Gasteiger charge is 2.22. The van der Waals surface area contributed by atoms with Crippen molar-refractivity contribution in [1.29, 1.82) is 0 Å². The Bertz CT molecular complexity index is 792. The molecule has 2 aromatic carbocycles. The quantitative estimate of drug-likeness (QED) is 0.713. The van der Waals surface area contributed by atoms with Gasteiger partial charge in [-0.05, 0) is 69.5 Å². The first-order valence-electron chi connectivity index (χ1n) is 10.9. The number of nitrogens with zero attached hydrogens (tertiary/aromatic N) is 1. The van der Waals surface area contributed by atoms with Crippen LogP contribution in [0.15, 0.2) is 48.5 Å². The lowest BCUT2D eigenvalue weighted by atomic mass is 10.1. The van der Waals surface area contributed by atoms with Crippen molar-refractivity contribution < 1.29 is 14.3 Å². The molecule has 2 atom stereocenters. The first-order chi connectivity index (χ1) is 14.4. The smallest absolute Gasteiger partial charge is 0.251 e. The van der Waals surface area contributed by atoms with Gasteiger partial charge in [0.2, 0.25) is 0 Å². The Hall–Kier alpha value is -2.37. The van der Waals surface area contributed by atoms with Crippen LogP contribution in [0.2, 0.25) is 0 Å². The van der Waals surface area contributed by atoms with Gasteiger partial charge in [-0.1, -0.05) is 24.3 Å². The van der Waals surface area contributed by atoms with Crippen LogP contribution in [-0.4, -0.2) is 48.8 Å². The van der Waals surface area contributed by atoms with Crippen molar-refractivity contribution in [3.05, 3.63) is 65.2 Å². The molecule has 1 aliphatic heterocycles. The van der Waals surface area contributed by atoms with Crippen LogP contribution in [0.3, 0.4) is 0 Å². The van der Waals surface area contributed by atoms with Crippen molar-refractivity contribution >= 4 is 5.91 Å².